The normalized spacial score (nSPS) is 10.4. The van der Waals surface area contributed by atoms with Crippen LogP contribution in [-0.2, 0) is 11.3 Å². The summed E-state index contributed by atoms with van der Waals surface area (Å²) in [5, 5.41) is 2.68. The van der Waals surface area contributed by atoms with Crippen LogP contribution in [0.3, 0.4) is 0 Å². The minimum Gasteiger partial charge on any atom is -0.445 e. The number of aromatic nitrogens is 1. The topological polar surface area (TPSA) is 68.3 Å². The first-order valence-electron chi connectivity index (χ1n) is 7.30. The molecule has 0 aliphatic heterocycles. The van der Waals surface area contributed by atoms with Gasteiger partial charge in [-0.05, 0) is 30.2 Å². The lowest BCUT2D eigenvalue weighted by Gasteiger charge is -2.05. The van der Waals surface area contributed by atoms with Gasteiger partial charge in [-0.25, -0.2) is 4.79 Å². The van der Waals surface area contributed by atoms with E-state index in [0.717, 1.165) is 17.5 Å². The maximum Gasteiger partial charge on any atom is 0.407 e. The summed E-state index contributed by atoms with van der Waals surface area (Å²) >= 11 is 0. The zero-order chi connectivity index (χ0) is 16.3. The first-order chi connectivity index (χ1) is 11.3. The zero-order valence-electron chi connectivity index (χ0n) is 12.6. The largest absolute Gasteiger partial charge is 0.445 e. The van der Waals surface area contributed by atoms with Crippen LogP contribution in [-0.4, -0.2) is 23.9 Å². The summed E-state index contributed by atoms with van der Waals surface area (Å²) in [6.45, 7) is 0.742. The molecule has 2 rings (SSSR count). The molecule has 0 fully saturated rings. The molecule has 0 saturated heterocycles. The van der Waals surface area contributed by atoms with Crippen molar-refractivity contribution in [2.24, 2.45) is 0 Å². The van der Waals surface area contributed by atoms with Crippen molar-refractivity contribution in [1.29, 1.82) is 0 Å². The first kappa shape index (κ1) is 16.4. The Balaban J connectivity index is 1.63. The van der Waals surface area contributed by atoms with Crippen LogP contribution in [0.25, 0.3) is 6.08 Å². The second-order valence-electron chi connectivity index (χ2n) is 4.81. The molecule has 1 N–H and O–H groups in total. The predicted octanol–water partition coefficient (Wildman–Crippen LogP) is 3.22. The SMILES string of the molecule is O=Cc1ccc(C=CCCNC(=O)OCc2ccccc2)nc1. The molecule has 118 valence electrons. The maximum absolute atomic E-state index is 11.5. The van der Waals surface area contributed by atoms with E-state index in [1.807, 2.05) is 42.5 Å². The van der Waals surface area contributed by atoms with E-state index >= 15 is 0 Å². The van der Waals surface area contributed by atoms with Gasteiger partial charge in [-0.3, -0.25) is 9.78 Å². The van der Waals surface area contributed by atoms with Crippen molar-refractivity contribution in [3.8, 4) is 0 Å². The van der Waals surface area contributed by atoms with E-state index < -0.39 is 6.09 Å². The van der Waals surface area contributed by atoms with Crippen LogP contribution in [0.15, 0.2) is 54.7 Å². The van der Waals surface area contributed by atoms with Crippen LogP contribution < -0.4 is 5.32 Å². The number of hydrogen-bond donors (Lipinski definition) is 1. The number of alkyl carbamates (subject to hydrolysis) is 1. The minimum atomic E-state index is -0.435. The number of rotatable bonds is 7. The van der Waals surface area contributed by atoms with E-state index in [2.05, 4.69) is 10.3 Å². The molecule has 5 heteroatoms. The average molecular weight is 310 g/mol. The second-order valence-corrected chi connectivity index (χ2v) is 4.81. The van der Waals surface area contributed by atoms with Crippen LogP contribution >= 0.6 is 0 Å². The Hall–Kier alpha value is -2.95. The summed E-state index contributed by atoms with van der Waals surface area (Å²) in [5.74, 6) is 0. The molecule has 1 heterocycles. The first-order valence-corrected chi connectivity index (χ1v) is 7.30. The third kappa shape index (κ3) is 6.13. The van der Waals surface area contributed by atoms with E-state index in [9.17, 15) is 9.59 Å². The predicted molar refractivity (Wildman–Crippen MR) is 87.9 cm³/mol. The van der Waals surface area contributed by atoms with Crippen LogP contribution in [0.2, 0.25) is 0 Å². The van der Waals surface area contributed by atoms with E-state index in [1.165, 1.54) is 6.20 Å². The molecule has 0 bridgehead atoms. The lowest BCUT2D eigenvalue weighted by atomic mass is 10.2. The number of carbonyl (C=O) groups is 2. The fourth-order valence-electron chi connectivity index (χ4n) is 1.82. The number of ether oxygens (including phenoxy) is 1. The van der Waals surface area contributed by atoms with Crippen molar-refractivity contribution >= 4 is 18.5 Å². The van der Waals surface area contributed by atoms with E-state index in [4.69, 9.17) is 4.74 Å². The molecule has 2 aromatic rings. The van der Waals surface area contributed by atoms with Crippen LogP contribution in [0.1, 0.15) is 28.0 Å². The Labute approximate surface area is 135 Å². The Morgan fingerprint density at radius 1 is 1.17 bits per heavy atom. The van der Waals surface area contributed by atoms with Gasteiger partial charge in [0, 0.05) is 18.3 Å². The molecule has 0 aliphatic carbocycles. The molecule has 0 aliphatic rings. The maximum atomic E-state index is 11.5. The van der Waals surface area contributed by atoms with Gasteiger partial charge in [0.05, 0.1) is 5.69 Å². The van der Waals surface area contributed by atoms with Crippen molar-refractivity contribution in [2.45, 2.75) is 13.0 Å². The minimum absolute atomic E-state index is 0.259. The fraction of sp³-hybridized carbons (Fsp3) is 0.167. The molecule has 0 spiro atoms. The lowest BCUT2D eigenvalue weighted by Crippen LogP contribution is -2.24. The number of carbonyl (C=O) groups excluding carboxylic acids is 2. The zero-order valence-corrected chi connectivity index (χ0v) is 12.6. The second kappa shape index (κ2) is 9.15. The van der Waals surface area contributed by atoms with Gasteiger partial charge in [-0.2, -0.15) is 0 Å². The summed E-state index contributed by atoms with van der Waals surface area (Å²) in [7, 11) is 0. The Bertz CT molecular complexity index is 652. The monoisotopic (exact) mass is 310 g/mol. The van der Waals surface area contributed by atoms with Crippen LogP contribution in [0.4, 0.5) is 4.79 Å². The molecule has 1 aromatic heterocycles. The fourth-order valence-corrected chi connectivity index (χ4v) is 1.82. The highest BCUT2D eigenvalue weighted by Gasteiger charge is 2.00. The molecule has 1 amide bonds. The summed E-state index contributed by atoms with van der Waals surface area (Å²) < 4.78 is 5.10. The van der Waals surface area contributed by atoms with Gasteiger partial charge in [0.2, 0.25) is 0 Å². The summed E-state index contributed by atoms with van der Waals surface area (Å²) in [6, 6.07) is 13.0. The highest BCUT2D eigenvalue weighted by atomic mass is 16.5. The molecule has 5 nitrogen and oxygen atoms in total. The number of benzene rings is 1. The van der Waals surface area contributed by atoms with E-state index in [1.54, 1.807) is 12.1 Å². The molecule has 23 heavy (non-hydrogen) atoms. The molecule has 0 radical (unpaired) electrons. The molecule has 1 aromatic carbocycles. The van der Waals surface area contributed by atoms with Crippen LogP contribution in [0.5, 0.6) is 0 Å². The number of pyridine rings is 1. The number of aldehydes is 1. The Morgan fingerprint density at radius 2 is 2.00 bits per heavy atom. The molecule has 0 unspecified atom stereocenters. The average Bonchev–Trinajstić information content (AvgIpc) is 2.61. The molecule has 0 atom stereocenters. The third-order valence-corrected chi connectivity index (χ3v) is 3.03. The van der Waals surface area contributed by atoms with Gasteiger partial charge in [0.25, 0.3) is 0 Å². The standard InChI is InChI=1S/C18H18N2O3/c21-13-16-9-10-17(20-12-16)8-4-5-11-19-18(22)23-14-15-6-2-1-3-7-15/h1-4,6-10,12-13H,5,11,14H2,(H,19,22). The summed E-state index contributed by atoms with van der Waals surface area (Å²) in [6.07, 6.45) is 6.25. The van der Waals surface area contributed by atoms with Crippen molar-refractivity contribution in [1.82, 2.24) is 10.3 Å². The smallest absolute Gasteiger partial charge is 0.407 e. The van der Waals surface area contributed by atoms with Crippen molar-refractivity contribution in [3.05, 3.63) is 71.6 Å². The van der Waals surface area contributed by atoms with Gasteiger partial charge in [0.15, 0.2) is 6.29 Å². The third-order valence-electron chi connectivity index (χ3n) is 3.03. The van der Waals surface area contributed by atoms with E-state index in [0.29, 0.717) is 18.5 Å². The van der Waals surface area contributed by atoms with Gasteiger partial charge < -0.3 is 10.1 Å². The van der Waals surface area contributed by atoms with Gasteiger partial charge in [0.1, 0.15) is 6.61 Å². The van der Waals surface area contributed by atoms with Crippen molar-refractivity contribution in [2.75, 3.05) is 6.54 Å². The van der Waals surface area contributed by atoms with Gasteiger partial charge in [-0.1, -0.05) is 36.4 Å². The number of nitrogens with zero attached hydrogens (tertiary/aromatic N) is 1. The van der Waals surface area contributed by atoms with Crippen LogP contribution in [0, 0.1) is 0 Å². The summed E-state index contributed by atoms with van der Waals surface area (Å²) in [4.78, 5) is 26.1. The van der Waals surface area contributed by atoms with Gasteiger partial charge >= 0.3 is 6.09 Å². The Kier molecular flexibility index (Phi) is 6.53. The van der Waals surface area contributed by atoms with E-state index in [-0.39, 0.29) is 6.61 Å². The summed E-state index contributed by atoms with van der Waals surface area (Å²) in [5.41, 5.74) is 2.26. The highest BCUT2D eigenvalue weighted by Crippen LogP contribution is 2.02. The molecule has 0 saturated carbocycles. The Morgan fingerprint density at radius 3 is 2.70 bits per heavy atom. The lowest BCUT2D eigenvalue weighted by molar-refractivity contribution is 0.112. The molecular formula is C18H18N2O3. The number of amides is 1. The quantitative estimate of drug-likeness (QED) is 0.630. The number of nitrogens with one attached hydrogen (secondary N) is 1. The van der Waals surface area contributed by atoms with Crippen molar-refractivity contribution in [3.63, 3.8) is 0 Å². The molecular weight excluding hydrogens is 292 g/mol. The number of hydrogen-bond acceptors (Lipinski definition) is 4. The van der Waals surface area contributed by atoms with Gasteiger partial charge in [-0.15, -0.1) is 0 Å². The highest BCUT2D eigenvalue weighted by molar-refractivity contribution is 5.74. The van der Waals surface area contributed by atoms with Crippen molar-refractivity contribution < 1.29 is 14.3 Å².